The maximum Gasteiger partial charge on any atom is 0.321 e. The summed E-state index contributed by atoms with van der Waals surface area (Å²) in [5.41, 5.74) is 2.75. The van der Waals surface area contributed by atoms with Crippen LogP contribution in [0.5, 0.6) is 5.88 Å². The number of aromatic nitrogens is 2. The number of thiazole rings is 1. The summed E-state index contributed by atoms with van der Waals surface area (Å²) in [5.74, 6) is 0.541. The maximum absolute atomic E-state index is 12.0. The fraction of sp³-hybridized carbons (Fsp3) is 0.118. The molecule has 3 aromatic rings. The van der Waals surface area contributed by atoms with Crippen molar-refractivity contribution in [1.82, 2.24) is 15.3 Å². The summed E-state index contributed by atoms with van der Waals surface area (Å²) in [6.07, 6.45) is 1.66. The van der Waals surface area contributed by atoms with Crippen LogP contribution in [0.15, 0.2) is 54.0 Å². The van der Waals surface area contributed by atoms with Crippen molar-refractivity contribution >= 4 is 22.5 Å². The van der Waals surface area contributed by atoms with Crippen molar-refractivity contribution in [2.24, 2.45) is 0 Å². The van der Waals surface area contributed by atoms with E-state index in [1.54, 1.807) is 19.4 Å². The zero-order valence-corrected chi connectivity index (χ0v) is 13.8. The number of methoxy groups -OCH3 is 1. The molecule has 2 amide bonds. The first-order valence-corrected chi connectivity index (χ1v) is 8.17. The Morgan fingerprint density at radius 1 is 1.21 bits per heavy atom. The molecule has 0 aliphatic heterocycles. The Morgan fingerprint density at radius 2 is 2.04 bits per heavy atom. The fourth-order valence-electron chi connectivity index (χ4n) is 2.03. The molecule has 2 N–H and O–H groups in total. The first kappa shape index (κ1) is 15.9. The van der Waals surface area contributed by atoms with Gasteiger partial charge in [0.2, 0.25) is 5.88 Å². The fourth-order valence-corrected chi connectivity index (χ4v) is 2.75. The first-order valence-electron chi connectivity index (χ1n) is 7.29. The lowest BCUT2D eigenvalue weighted by molar-refractivity contribution is 0.251. The molecule has 0 spiro atoms. The molecule has 0 fully saturated rings. The highest BCUT2D eigenvalue weighted by atomic mass is 32.1. The van der Waals surface area contributed by atoms with E-state index in [9.17, 15) is 4.79 Å². The van der Waals surface area contributed by atoms with Gasteiger partial charge in [0.1, 0.15) is 0 Å². The highest BCUT2D eigenvalue weighted by Crippen LogP contribution is 2.24. The SMILES string of the molecule is COc1ccc(CNC(=O)Nc2nc(-c3ccccc3)cs2)cn1. The number of carbonyl (C=O) groups excluding carboxylic acids is 1. The predicted molar refractivity (Wildman–Crippen MR) is 94.2 cm³/mol. The summed E-state index contributed by atoms with van der Waals surface area (Å²) in [7, 11) is 1.56. The van der Waals surface area contributed by atoms with Crippen LogP contribution in [0.1, 0.15) is 5.56 Å². The second-order valence-corrected chi connectivity index (χ2v) is 5.78. The van der Waals surface area contributed by atoms with Crippen molar-refractivity contribution in [3.05, 3.63) is 59.6 Å². The Labute approximate surface area is 143 Å². The summed E-state index contributed by atoms with van der Waals surface area (Å²) in [5, 5.41) is 7.98. The lowest BCUT2D eigenvalue weighted by atomic mass is 10.2. The van der Waals surface area contributed by atoms with E-state index in [0.717, 1.165) is 16.8 Å². The Balaban J connectivity index is 1.54. The summed E-state index contributed by atoms with van der Waals surface area (Å²) < 4.78 is 4.99. The minimum absolute atomic E-state index is 0.306. The number of pyridine rings is 1. The molecule has 0 aliphatic carbocycles. The van der Waals surface area contributed by atoms with E-state index in [1.807, 2.05) is 41.8 Å². The number of carbonyl (C=O) groups is 1. The van der Waals surface area contributed by atoms with E-state index in [0.29, 0.717) is 17.6 Å². The van der Waals surface area contributed by atoms with Gasteiger partial charge in [-0.25, -0.2) is 14.8 Å². The van der Waals surface area contributed by atoms with Crippen molar-refractivity contribution < 1.29 is 9.53 Å². The third kappa shape index (κ3) is 4.08. The van der Waals surface area contributed by atoms with Crippen LogP contribution in [0.3, 0.4) is 0 Å². The molecular formula is C17H16N4O2S. The van der Waals surface area contributed by atoms with Gasteiger partial charge in [0.15, 0.2) is 5.13 Å². The number of urea groups is 1. The quantitative estimate of drug-likeness (QED) is 0.745. The number of hydrogen-bond acceptors (Lipinski definition) is 5. The molecule has 24 heavy (non-hydrogen) atoms. The predicted octanol–water partition coefficient (Wildman–Crippen LogP) is 3.54. The molecule has 0 unspecified atom stereocenters. The molecule has 6 nitrogen and oxygen atoms in total. The van der Waals surface area contributed by atoms with Gasteiger partial charge in [0, 0.05) is 29.8 Å². The van der Waals surface area contributed by atoms with E-state index < -0.39 is 0 Å². The topological polar surface area (TPSA) is 76.1 Å². The van der Waals surface area contributed by atoms with Crippen LogP contribution in [0.25, 0.3) is 11.3 Å². The minimum Gasteiger partial charge on any atom is -0.481 e. The molecule has 122 valence electrons. The van der Waals surface area contributed by atoms with Crippen molar-refractivity contribution in [3.63, 3.8) is 0 Å². The standard InChI is InChI=1S/C17H16N4O2S/c1-23-15-8-7-12(9-18-15)10-19-16(22)21-17-20-14(11-24-17)13-5-3-2-4-6-13/h2-9,11H,10H2,1H3,(H2,19,20,21,22). The zero-order valence-electron chi connectivity index (χ0n) is 13.0. The van der Waals surface area contributed by atoms with Gasteiger partial charge in [0.05, 0.1) is 12.8 Å². The first-order chi connectivity index (χ1) is 11.7. The highest BCUT2D eigenvalue weighted by Gasteiger charge is 2.07. The average Bonchev–Trinajstić information content (AvgIpc) is 3.09. The molecular weight excluding hydrogens is 324 g/mol. The number of ether oxygens (including phenoxy) is 1. The van der Waals surface area contributed by atoms with Crippen LogP contribution in [0.2, 0.25) is 0 Å². The van der Waals surface area contributed by atoms with Crippen molar-refractivity contribution in [1.29, 1.82) is 0 Å². The lowest BCUT2D eigenvalue weighted by Gasteiger charge is -2.06. The molecule has 0 saturated heterocycles. The van der Waals surface area contributed by atoms with E-state index in [1.165, 1.54) is 11.3 Å². The summed E-state index contributed by atoms with van der Waals surface area (Å²) in [4.78, 5) is 20.5. The van der Waals surface area contributed by atoms with E-state index in [4.69, 9.17) is 4.74 Å². The van der Waals surface area contributed by atoms with Crippen molar-refractivity contribution in [3.8, 4) is 17.1 Å². The number of rotatable bonds is 5. The van der Waals surface area contributed by atoms with Crippen LogP contribution in [-0.4, -0.2) is 23.1 Å². The van der Waals surface area contributed by atoms with Gasteiger partial charge < -0.3 is 10.1 Å². The number of nitrogens with zero attached hydrogens (tertiary/aromatic N) is 2. The number of anilines is 1. The third-order valence-electron chi connectivity index (χ3n) is 3.25. The molecule has 0 saturated carbocycles. The summed E-state index contributed by atoms with van der Waals surface area (Å²) in [6, 6.07) is 13.1. The van der Waals surface area contributed by atoms with Gasteiger partial charge in [-0.15, -0.1) is 11.3 Å². The van der Waals surface area contributed by atoms with Crippen molar-refractivity contribution in [2.75, 3.05) is 12.4 Å². The molecule has 0 bridgehead atoms. The van der Waals surface area contributed by atoms with Gasteiger partial charge in [-0.1, -0.05) is 36.4 Å². The normalized spacial score (nSPS) is 10.2. The second kappa shape index (κ2) is 7.56. The van der Waals surface area contributed by atoms with Gasteiger partial charge in [-0.05, 0) is 5.56 Å². The Bertz CT molecular complexity index is 803. The molecule has 0 radical (unpaired) electrons. The number of amides is 2. The minimum atomic E-state index is -0.306. The molecule has 1 aromatic carbocycles. The third-order valence-corrected chi connectivity index (χ3v) is 4.01. The van der Waals surface area contributed by atoms with E-state index >= 15 is 0 Å². The molecule has 0 atom stereocenters. The van der Waals surface area contributed by atoms with E-state index in [-0.39, 0.29) is 6.03 Å². The maximum atomic E-state index is 12.0. The summed E-state index contributed by atoms with van der Waals surface area (Å²) in [6.45, 7) is 0.375. The molecule has 2 heterocycles. The van der Waals surface area contributed by atoms with Gasteiger partial charge in [0.25, 0.3) is 0 Å². The second-order valence-electron chi connectivity index (χ2n) is 4.92. The van der Waals surface area contributed by atoms with Gasteiger partial charge in [-0.2, -0.15) is 0 Å². The Hall–Kier alpha value is -2.93. The smallest absolute Gasteiger partial charge is 0.321 e. The number of benzene rings is 1. The van der Waals surface area contributed by atoms with Crippen LogP contribution in [0, 0.1) is 0 Å². The molecule has 2 aromatic heterocycles. The van der Waals surface area contributed by atoms with Crippen LogP contribution in [0.4, 0.5) is 9.93 Å². The van der Waals surface area contributed by atoms with Gasteiger partial charge in [-0.3, -0.25) is 5.32 Å². The molecule has 0 aliphatic rings. The van der Waals surface area contributed by atoms with E-state index in [2.05, 4.69) is 20.6 Å². The number of hydrogen-bond donors (Lipinski definition) is 2. The van der Waals surface area contributed by atoms with Crippen LogP contribution >= 0.6 is 11.3 Å². The van der Waals surface area contributed by atoms with Gasteiger partial charge >= 0.3 is 6.03 Å². The van der Waals surface area contributed by atoms with Crippen molar-refractivity contribution in [2.45, 2.75) is 6.54 Å². The Morgan fingerprint density at radius 3 is 2.75 bits per heavy atom. The molecule has 7 heteroatoms. The monoisotopic (exact) mass is 340 g/mol. The van der Waals surface area contributed by atoms with Crippen LogP contribution in [-0.2, 0) is 6.54 Å². The number of nitrogens with one attached hydrogen (secondary N) is 2. The Kier molecular flexibility index (Phi) is 5.02. The average molecular weight is 340 g/mol. The lowest BCUT2D eigenvalue weighted by Crippen LogP contribution is -2.28. The largest absolute Gasteiger partial charge is 0.481 e. The highest BCUT2D eigenvalue weighted by molar-refractivity contribution is 7.14. The zero-order chi connectivity index (χ0) is 16.8. The van der Waals surface area contributed by atoms with Crippen LogP contribution < -0.4 is 15.4 Å². The summed E-state index contributed by atoms with van der Waals surface area (Å²) >= 11 is 1.39. The molecule has 3 rings (SSSR count).